The van der Waals surface area contributed by atoms with Crippen LogP contribution in [0.1, 0.15) is 62.4 Å². The molecule has 6 nitrogen and oxygen atoms in total. The van der Waals surface area contributed by atoms with Crippen LogP contribution in [-0.4, -0.2) is 26.3 Å². The van der Waals surface area contributed by atoms with Gasteiger partial charge in [0.25, 0.3) is 0 Å². The number of hydrogen-bond donors (Lipinski definition) is 1. The highest BCUT2D eigenvalue weighted by Gasteiger charge is 2.42. The van der Waals surface area contributed by atoms with Crippen LogP contribution in [0.2, 0.25) is 0 Å². The molecule has 1 aliphatic heterocycles. The van der Waals surface area contributed by atoms with Crippen molar-refractivity contribution in [2.24, 2.45) is 7.05 Å². The third-order valence-electron chi connectivity index (χ3n) is 5.68. The maximum absolute atomic E-state index is 12.6. The summed E-state index contributed by atoms with van der Waals surface area (Å²) in [6.45, 7) is 0. The lowest BCUT2D eigenvalue weighted by Crippen LogP contribution is -2.46. The molecule has 1 spiro atoms. The van der Waals surface area contributed by atoms with Gasteiger partial charge in [-0.15, -0.1) is 10.2 Å². The molecule has 1 aliphatic carbocycles. The van der Waals surface area contributed by atoms with E-state index in [-0.39, 0.29) is 17.6 Å². The molecule has 1 amide bonds. The van der Waals surface area contributed by atoms with Gasteiger partial charge in [-0.1, -0.05) is 24.6 Å². The summed E-state index contributed by atoms with van der Waals surface area (Å²) in [5.74, 6) is 1.82. The molecule has 1 atom stereocenters. The topological polar surface area (TPSA) is 69.0 Å². The second-order valence-corrected chi connectivity index (χ2v) is 7.57. The molecule has 4 rings (SSSR count). The zero-order chi connectivity index (χ0) is 18.0. The fourth-order valence-corrected chi connectivity index (χ4v) is 4.27. The number of rotatable bonds is 4. The molecule has 2 heterocycles. The van der Waals surface area contributed by atoms with E-state index >= 15 is 0 Å². The van der Waals surface area contributed by atoms with E-state index in [0.717, 1.165) is 36.4 Å². The minimum atomic E-state index is -0.117. The van der Waals surface area contributed by atoms with Gasteiger partial charge in [-0.2, -0.15) is 0 Å². The number of nitrogens with one attached hydrogen (secondary N) is 1. The lowest BCUT2D eigenvalue weighted by Gasteiger charge is -2.44. The van der Waals surface area contributed by atoms with E-state index in [4.69, 9.17) is 4.74 Å². The fraction of sp³-hybridized carbons (Fsp3) is 0.550. The Kier molecular flexibility index (Phi) is 4.66. The Labute approximate surface area is 154 Å². The van der Waals surface area contributed by atoms with Gasteiger partial charge in [0, 0.05) is 31.9 Å². The smallest absolute Gasteiger partial charge is 0.220 e. The van der Waals surface area contributed by atoms with Gasteiger partial charge >= 0.3 is 0 Å². The van der Waals surface area contributed by atoms with Gasteiger partial charge in [0.1, 0.15) is 23.5 Å². The minimum Gasteiger partial charge on any atom is -0.487 e. The van der Waals surface area contributed by atoms with Crippen LogP contribution in [0.15, 0.2) is 30.6 Å². The van der Waals surface area contributed by atoms with Crippen LogP contribution < -0.4 is 10.1 Å². The number of carbonyl (C=O) groups excluding carboxylic acids is 1. The maximum atomic E-state index is 12.6. The van der Waals surface area contributed by atoms with E-state index < -0.39 is 0 Å². The third kappa shape index (κ3) is 3.45. The van der Waals surface area contributed by atoms with Gasteiger partial charge in [-0.05, 0) is 31.7 Å². The summed E-state index contributed by atoms with van der Waals surface area (Å²) >= 11 is 0. The SMILES string of the molecule is Cn1cnnc1CCC(=O)N[C@H]1CC2(CCCCC2)Oc2ccccc21. The highest BCUT2D eigenvalue weighted by molar-refractivity contribution is 5.76. The molecule has 0 unspecified atom stereocenters. The van der Waals surface area contributed by atoms with E-state index in [9.17, 15) is 4.79 Å². The molecule has 26 heavy (non-hydrogen) atoms. The molecule has 2 aromatic rings. The Balaban J connectivity index is 1.47. The molecule has 0 bridgehead atoms. The Morgan fingerprint density at radius 2 is 2.12 bits per heavy atom. The highest BCUT2D eigenvalue weighted by Crippen LogP contribution is 2.46. The van der Waals surface area contributed by atoms with E-state index in [1.807, 2.05) is 29.8 Å². The van der Waals surface area contributed by atoms with Gasteiger partial charge in [0.2, 0.25) is 5.91 Å². The standard InChI is InChI=1S/C20H26N4O2/c1-24-14-21-23-18(24)9-10-19(25)22-16-13-20(11-5-2-6-12-20)26-17-8-4-3-7-15(16)17/h3-4,7-8,14,16H,2,5-6,9-13H2,1H3,(H,22,25)/t16-/m0/s1. The summed E-state index contributed by atoms with van der Waals surface area (Å²) in [5, 5.41) is 11.2. The van der Waals surface area contributed by atoms with Crippen LogP contribution in [-0.2, 0) is 18.3 Å². The number of ether oxygens (including phenoxy) is 1. The molecular formula is C20H26N4O2. The molecule has 0 saturated heterocycles. The summed E-state index contributed by atoms with van der Waals surface area (Å²) in [5.41, 5.74) is 0.976. The lowest BCUT2D eigenvalue weighted by molar-refractivity contribution is -0.122. The van der Waals surface area contributed by atoms with Crippen LogP contribution in [0.3, 0.4) is 0 Å². The average Bonchev–Trinajstić information content (AvgIpc) is 3.05. The first-order valence-corrected chi connectivity index (χ1v) is 9.55. The first kappa shape index (κ1) is 17.1. The summed E-state index contributed by atoms with van der Waals surface area (Å²) in [6.07, 6.45) is 9.37. The number of para-hydroxylation sites is 1. The van der Waals surface area contributed by atoms with Gasteiger partial charge in [0.05, 0.1) is 6.04 Å². The molecule has 1 N–H and O–H groups in total. The largest absolute Gasteiger partial charge is 0.487 e. The molecule has 138 valence electrons. The van der Waals surface area contributed by atoms with Crippen LogP contribution in [0, 0.1) is 0 Å². The summed E-state index contributed by atoms with van der Waals surface area (Å²) in [7, 11) is 1.90. The molecule has 0 radical (unpaired) electrons. The van der Waals surface area contributed by atoms with Crippen molar-refractivity contribution in [2.45, 2.75) is 63.0 Å². The molecule has 6 heteroatoms. The van der Waals surface area contributed by atoms with Crippen molar-refractivity contribution in [3.05, 3.63) is 42.0 Å². The quantitative estimate of drug-likeness (QED) is 0.916. The molecule has 1 fully saturated rings. The van der Waals surface area contributed by atoms with Crippen LogP contribution in [0.5, 0.6) is 5.75 Å². The normalized spacial score (nSPS) is 21.0. The zero-order valence-corrected chi connectivity index (χ0v) is 15.3. The second-order valence-electron chi connectivity index (χ2n) is 7.57. The first-order chi connectivity index (χ1) is 12.7. The van der Waals surface area contributed by atoms with Gasteiger partial charge < -0.3 is 14.6 Å². The Hall–Kier alpha value is -2.37. The van der Waals surface area contributed by atoms with Gasteiger partial charge in [0.15, 0.2) is 0 Å². The van der Waals surface area contributed by atoms with Gasteiger partial charge in [-0.3, -0.25) is 4.79 Å². The van der Waals surface area contributed by atoms with Gasteiger partial charge in [-0.25, -0.2) is 0 Å². The van der Waals surface area contributed by atoms with Crippen molar-refractivity contribution >= 4 is 5.91 Å². The Bertz CT molecular complexity index is 780. The second kappa shape index (κ2) is 7.09. The average molecular weight is 354 g/mol. The Morgan fingerprint density at radius 3 is 2.88 bits per heavy atom. The lowest BCUT2D eigenvalue weighted by atomic mass is 9.77. The van der Waals surface area contributed by atoms with E-state index in [1.165, 1.54) is 19.3 Å². The summed E-state index contributed by atoms with van der Waals surface area (Å²) < 4.78 is 8.29. The van der Waals surface area contributed by atoms with Crippen molar-refractivity contribution in [3.63, 3.8) is 0 Å². The number of fused-ring (bicyclic) bond motifs is 1. The third-order valence-corrected chi connectivity index (χ3v) is 5.68. The monoisotopic (exact) mass is 354 g/mol. The molecule has 1 aromatic carbocycles. The summed E-state index contributed by atoms with van der Waals surface area (Å²) in [6, 6.07) is 8.14. The minimum absolute atomic E-state index is 0.0186. The number of nitrogens with zero attached hydrogens (tertiary/aromatic N) is 3. The van der Waals surface area contributed by atoms with Crippen LogP contribution >= 0.6 is 0 Å². The maximum Gasteiger partial charge on any atom is 0.220 e. The van der Waals surface area contributed by atoms with E-state index in [2.05, 4.69) is 21.6 Å². The van der Waals surface area contributed by atoms with Crippen LogP contribution in [0.4, 0.5) is 0 Å². The highest BCUT2D eigenvalue weighted by atomic mass is 16.5. The molecule has 1 saturated carbocycles. The number of aryl methyl sites for hydroxylation is 2. The van der Waals surface area contributed by atoms with Crippen molar-refractivity contribution in [2.75, 3.05) is 0 Å². The summed E-state index contributed by atoms with van der Waals surface area (Å²) in [4.78, 5) is 12.6. The number of carbonyl (C=O) groups is 1. The first-order valence-electron chi connectivity index (χ1n) is 9.55. The number of aromatic nitrogens is 3. The van der Waals surface area contributed by atoms with Crippen LogP contribution in [0.25, 0.3) is 0 Å². The number of hydrogen-bond acceptors (Lipinski definition) is 4. The van der Waals surface area contributed by atoms with Crippen molar-refractivity contribution in [1.29, 1.82) is 0 Å². The Morgan fingerprint density at radius 1 is 1.31 bits per heavy atom. The van der Waals surface area contributed by atoms with E-state index in [1.54, 1.807) is 6.33 Å². The zero-order valence-electron chi connectivity index (χ0n) is 15.3. The molecule has 2 aliphatic rings. The van der Waals surface area contributed by atoms with Crippen molar-refractivity contribution in [3.8, 4) is 5.75 Å². The van der Waals surface area contributed by atoms with Crippen molar-refractivity contribution in [1.82, 2.24) is 20.1 Å². The number of amides is 1. The van der Waals surface area contributed by atoms with E-state index in [0.29, 0.717) is 12.8 Å². The molecular weight excluding hydrogens is 328 g/mol. The predicted molar refractivity (Wildman–Crippen MR) is 97.7 cm³/mol. The van der Waals surface area contributed by atoms with Crippen molar-refractivity contribution < 1.29 is 9.53 Å². The number of benzene rings is 1. The fourth-order valence-electron chi connectivity index (χ4n) is 4.27. The predicted octanol–water partition coefficient (Wildman–Crippen LogP) is 3.09. The molecule has 1 aromatic heterocycles.